The minimum atomic E-state index is 0.519. The van der Waals surface area contributed by atoms with E-state index in [9.17, 15) is 0 Å². The predicted octanol–water partition coefficient (Wildman–Crippen LogP) is 6.99. The molecule has 0 aliphatic heterocycles. The average molecular weight is 301 g/mol. The molecule has 0 aliphatic carbocycles. The van der Waals surface area contributed by atoms with Gasteiger partial charge in [0.15, 0.2) is 0 Å². The van der Waals surface area contributed by atoms with Crippen LogP contribution in [0.15, 0.2) is 63.3 Å². The Kier molecular flexibility index (Phi) is 11.5. The van der Waals surface area contributed by atoms with Gasteiger partial charge in [0, 0.05) is 0 Å². The van der Waals surface area contributed by atoms with Gasteiger partial charge in [0.1, 0.15) is 0 Å². The molecular formula is C22H36. The maximum Gasteiger partial charge on any atom is -0.0225 e. The Morgan fingerprint density at radius 3 is 1.27 bits per heavy atom. The summed E-state index contributed by atoms with van der Waals surface area (Å²) < 4.78 is 0. The minimum absolute atomic E-state index is 0.519. The number of hydrogen-bond acceptors (Lipinski definition) is 0. The summed E-state index contributed by atoms with van der Waals surface area (Å²) in [5.41, 5.74) is 0. The van der Waals surface area contributed by atoms with Gasteiger partial charge in [0.2, 0.25) is 0 Å². The molecule has 0 rings (SSSR count). The molecule has 0 N–H and O–H groups in total. The highest BCUT2D eigenvalue weighted by Crippen LogP contribution is 2.30. The summed E-state index contributed by atoms with van der Waals surface area (Å²) in [7, 11) is 0. The first kappa shape index (κ1) is 20.7. The molecule has 0 aromatic rings. The molecule has 0 spiro atoms. The van der Waals surface area contributed by atoms with Crippen LogP contribution in [0.3, 0.4) is 0 Å². The Morgan fingerprint density at radius 1 is 0.591 bits per heavy atom. The maximum absolute atomic E-state index is 4.05. The van der Waals surface area contributed by atoms with Crippen molar-refractivity contribution in [2.75, 3.05) is 0 Å². The minimum Gasteiger partial charge on any atom is -0.103 e. The van der Waals surface area contributed by atoms with E-state index in [-0.39, 0.29) is 0 Å². The summed E-state index contributed by atoms with van der Waals surface area (Å²) in [6.07, 6.45) is 16.1. The second-order valence-corrected chi connectivity index (χ2v) is 6.55. The van der Waals surface area contributed by atoms with Crippen molar-refractivity contribution in [3.8, 4) is 0 Å². The highest BCUT2D eigenvalue weighted by atomic mass is 14.2. The van der Waals surface area contributed by atoms with Gasteiger partial charge in [-0.15, -0.1) is 32.9 Å². The Labute approximate surface area is 139 Å². The van der Waals surface area contributed by atoms with Gasteiger partial charge < -0.3 is 0 Å². The van der Waals surface area contributed by atoms with E-state index in [1.54, 1.807) is 0 Å². The van der Waals surface area contributed by atoms with E-state index in [2.05, 4.69) is 71.0 Å². The Balaban J connectivity index is 4.62. The second-order valence-electron chi connectivity index (χ2n) is 6.55. The smallest absolute Gasteiger partial charge is 0.0225 e. The fourth-order valence-corrected chi connectivity index (χ4v) is 3.04. The fourth-order valence-electron chi connectivity index (χ4n) is 3.04. The largest absolute Gasteiger partial charge is 0.103 e. The highest BCUT2D eigenvalue weighted by Gasteiger charge is 2.18. The lowest BCUT2D eigenvalue weighted by atomic mass is 9.81. The monoisotopic (exact) mass is 300 g/mol. The normalized spacial score (nSPS) is 17.5. The molecule has 0 heteroatoms. The van der Waals surface area contributed by atoms with Crippen molar-refractivity contribution in [3.63, 3.8) is 0 Å². The maximum atomic E-state index is 4.05. The molecule has 0 nitrogen and oxygen atoms in total. The predicted molar refractivity (Wildman–Crippen MR) is 103 cm³/mol. The summed E-state index contributed by atoms with van der Waals surface area (Å²) in [5, 5.41) is 0. The molecule has 5 unspecified atom stereocenters. The van der Waals surface area contributed by atoms with Crippen LogP contribution in [0.2, 0.25) is 0 Å². The molecule has 5 atom stereocenters. The van der Waals surface area contributed by atoms with E-state index in [4.69, 9.17) is 0 Å². The van der Waals surface area contributed by atoms with Crippen molar-refractivity contribution < 1.29 is 0 Å². The molecule has 22 heavy (non-hydrogen) atoms. The van der Waals surface area contributed by atoms with Crippen LogP contribution < -0.4 is 0 Å². The molecule has 0 aliphatic rings. The molecule has 0 heterocycles. The lowest BCUT2D eigenvalue weighted by Gasteiger charge is -2.25. The first-order chi connectivity index (χ1) is 10.5. The standard InChI is InChI=1S/C22H36/c1-8-18(7)14-20(11-4)16-22(13-6)17-21(12-5)15-19(9-2)10-3/h8-9,11-13,18-22H,1-2,4-6,10,14-17H2,3,7H3. The summed E-state index contributed by atoms with van der Waals surface area (Å²) in [5.74, 6) is 2.71. The molecule has 0 saturated heterocycles. The van der Waals surface area contributed by atoms with Crippen LogP contribution in [-0.4, -0.2) is 0 Å². The zero-order valence-electron chi connectivity index (χ0n) is 14.8. The zero-order chi connectivity index (χ0) is 17.0. The lowest BCUT2D eigenvalue weighted by molar-refractivity contribution is 0.353. The third-order valence-corrected chi connectivity index (χ3v) is 4.75. The lowest BCUT2D eigenvalue weighted by Crippen LogP contribution is -2.13. The van der Waals surface area contributed by atoms with Gasteiger partial charge >= 0.3 is 0 Å². The van der Waals surface area contributed by atoms with Gasteiger partial charge in [0.05, 0.1) is 0 Å². The topological polar surface area (TPSA) is 0 Å². The quantitative estimate of drug-likeness (QED) is 0.303. The molecule has 0 fully saturated rings. The Hall–Kier alpha value is -1.30. The third-order valence-electron chi connectivity index (χ3n) is 4.75. The van der Waals surface area contributed by atoms with Gasteiger partial charge in [-0.25, -0.2) is 0 Å². The van der Waals surface area contributed by atoms with Crippen LogP contribution in [0.25, 0.3) is 0 Å². The highest BCUT2D eigenvalue weighted by molar-refractivity contribution is 4.94. The van der Waals surface area contributed by atoms with Gasteiger partial charge in [-0.3, -0.25) is 0 Å². The second kappa shape index (κ2) is 12.3. The van der Waals surface area contributed by atoms with Gasteiger partial charge in [-0.1, -0.05) is 44.2 Å². The molecule has 124 valence electrons. The van der Waals surface area contributed by atoms with Crippen molar-refractivity contribution >= 4 is 0 Å². The Bertz CT molecular complexity index is 349. The van der Waals surface area contributed by atoms with E-state index < -0.39 is 0 Å². The van der Waals surface area contributed by atoms with Crippen molar-refractivity contribution in [2.45, 2.75) is 46.0 Å². The Morgan fingerprint density at radius 2 is 0.955 bits per heavy atom. The van der Waals surface area contributed by atoms with Gasteiger partial charge in [0.25, 0.3) is 0 Å². The van der Waals surface area contributed by atoms with Crippen LogP contribution in [0.5, 0.6) is 0 Å². The summed E-state index contributed by atoms with van der Waals surface area (Å²) in [6, 6.07) is 0. The van der Waals surface area contributed by atoms with Crippen molar-refractivity contribution in [2.24, 2.45) is 29.6 Å². The molecule has 0 aromatic carbocycles. The van der Waals surface area contributed by atoms with Gasteiger partial charge in [-0.2, -0.15) is 0 Å². The fraction of sp³-hybridized carbons (Fsp3) is 0.545. The van der Waals surface area contributed by atoms with E-state index in [1.165, 1.54) is 0 Å². The van der Waals surface area contributed by atoms with E-state index in [0.717, 1.165) is 32.1 Å². The third kappa shape index (κ3) is 8.22. The van der Waals surface area contributed by atoms with Crippen molar-refractivity contribution in [1.29, 1.82) is 0 Å². The van der Waals surface area contributed by atoms with Crippen molar-refractivity contribution in [3.05, 3.63) is 63.3 Å². The number of hydrogen-bond donors (Lipinski definition) is 0. The molecule has 0 aromatic heterocycles. The SMILES string of the molecule is C=CC(C)CC(C=C)CC(C=C)CC(C=C)CC(C=C)CC. The van der Waals surface area contributed by atoms with Crippen LogP contribution >= 0.6 is 0 Å². The van der Waals surface area contributed by atoms with E-state index in [1.807, 2.05) is 6.08 Å². The summed E-state index contributed by atoms with van der Waals surface area (Å²) >= 11 is 0. The molecule has 0 bridgehead atoms. The summed E-state index contributed by atoms with van der Waals surface area (Å²) in [4.78, 5) is 0. The average Bonchev–Trinajstić information content (AvgIpc) is 2.56. The first-order valence-electron chi connectivity index (χ1n) is 8.67. The molecular weight excluding hydrogens is 264 g/mol. The number of rotatable bonds is 14. The van der Waals surface area contributed by atoms with Crippen LogP contribution in [0, 0.1) is 29.6 Å². The zero-order valence-corrected chi connectivity index (χ0v) is 14.8. The molecule has 0 amide bonds. The van der Waals surface area contributed by atoms with Crippen molar-refractivity contribution in [1.82, 2.24) is 0 Å². The van der Waals surface area contributed by atoms with E-state index in [0.29, 0.717) is 29.6 Å². The van der Waals surface area contributed by atoms with Crippen LogP contribution in [0.4, 0.5) is 0 Å². The summed E-state index contributed by atoms with van der Waals surface area (Å²) in [6.45, 7) is 24.4. The van der Waals surface area contributed by atoms with Crippen LogP contribution in [-0.2, 0) is 0 Å². The van der Waals surface area contributed by atoms with E-state index >= 15 is 0 Å². The first-order valence-corrected chi connectivity index (χ1v) is 8.67. The number of allylic oxidation sites excluding steroid dienone is 5. The molecule has 0 radical (unpaired) electrons. The van der Waals surface area contributed by atoms with Gasteiger partial charge in [-0.05, 0) is 61.7 Å². The molecule has 0 saturated carbocycles. The van der Waals surface area contributed by atoms with Crippen LogP contribution in [0.1, 0.15) is 46.0 Å².